The van der Waals surface area contributed by atoms with Crippen molar-refractivity contribution < 1.29 is 23.9 Å². The number of ether oxygens (including phenoxy) is 1. The first-order valence-corrected chi connectivity index (χ1v) is 11.8. The minimum Gasteiger partial charge on any atom is -0.444 e. The zero-order valence-electron chi connectivity index (χ0n) is 21.0. The number of alkyl carbamates (subject to hydrolysis) is 1. The Hall–Kier alpha value is -3.10. The molecule has 1 saturated carbocycles. The summed E-state index contributed by atoms with van der Waals surface area (Å²) < 4.78 is 5.27. The minimum absolute atomic E-state index is 0.137. The van der Waals surface area contributed by atoms with Crippen LogP contribution in [0.15, 0.2) is 24.3 Å². The summed E-state index contributed by atoms with van der Waals surface area (Å²) in [6.07, 6.45) is 1.04. The first-order chi connectivity index (χ1) is 15.8. The highest BCUT2D eigenvalue weighted by molar-refractivity contribution is 5.95. The van der Waals surface area contributed by atoms with Crippen LogP contribution in [0.5, 0.6) is 0 Å². The third kappa shape index (κ3) is 8.04. The van der Waals surface area contributed by atoms with Gasteiger partial charge in [-0.1, -0.05) is 31.2 Å². The van der Waals surface area contributed by atoms with Crippen molar-refractivity contribution in [3.8, 4) is 0 Å². The average molecular weight is 475 g/mol. The van der Waals surface area contributed by atoms with E-state index in [1.807, 2.05) is 45.0 Å². The Morgan fingerprint density at radius 3 is 2.12 bits per heavy atom. The van der Waals surface area contributed by atoms with Gasteiger partial charge >= 0.3 is 6.09 Å². The van der Waals surface area contributed by atoms with Gasteiger partial charge in [-0.2, -0.15) is 0 Å². The van der Waals surface area contributed by atoms with Gasteiger partial charge in [0.25, 0.3) is 0 Å². The van der Waals surface area contributed by atoms with Crippen LogP contribution in [0.4, 0.5) is 4.79 Å². The predicted octanol–water partition coefficient (Wildman–Crippen LogP) is 2.57. The zero-order chi connectivity index (χ0) is 25.6. The Kier molecular flexibility index (Phi) is 9.06. The Morgan fingerprint density at radius 1 is 1.09 bits per heavy atom. The van der Waals surface area contributed by atoms with Crippen molar-refractivity contribution in [1.29, 1.82) is 0 Å². The molecule has 1 aliphatic rings. The van der Waals surface area contributed by atoms with Crippen LogP contribution < -0.4 is 16.4 Å². The molecule has 1 fully saturated rings. The van der Waals surface area contributed by atoms with Crippen molar-refractivity contribution in [2.75, 3.05) is 0 Å². The van der Waals surface area contributed by atoms with E-state index in [0.29, 0.717) is 5.56 Å². The van der Waals surface area contributed by atoms with Crippen LogP contribution in [-0.4, -0.2) is 52.4 Å². The summed E-state index contributed by atoms with van der Waals surface area (Å²) in [5.41, 5.74) is 6.36. The maximum atomic E-state index is 13.8. The number of nitrogens with one attached hydrogen (secondary N) is 2. The second-order valence-electron chi connectivity index (χ2n) is 10.0. The number of carbonyl (C=O) groups is 4. The van der Waals surface area contributed by atoms with Crippen LogP contribution in [0.2, 0.25) is 0 Å². The van der Waals surface area contributed by atoms with Gasteiger partial charge in [-0.05, 0) is 65.0 Å². The lowest BCUT2D eigenvalue weighted by Crippen LogP contribution is -2.55. The van der Waals surface area contributed by atoms with E-state index < -0.39 is 42.0 Å². The molecule has 34 heavy (non-hydrogen) atoms. The second-order valence-corrected chi connectivity index (χ2v) is 10.0. The number of hydrogen-bond acceptors (Lipinski definition) is 5. The van der Waals surface area contributed by atoms with Gasteiger partial charge < -0.3 is 26.0 Å². The van der Waals surface area contributed by atoms with Crippen molar-refractivity contribution in [1.82, 2.24) is 15.5 Å². The molecule has 2 atom stereocenters. The second kappa shape index (κ2) is 11.4. The molecule has 0 saturated heterocycles. The summed E-state index contributed by atoms with van der Waals surface area (Å²) in [5.74, 6) is -1.62. The molecule has 2 unspecified atom stereocenters. The number of primary amides is 1. The Bertz CT molecular complexity index is 888. The molecule has 0 heterocycles. The van der Waals surface area contributed by atoms with E-state index >= 15 is 0 Å². The third-order valence-corrected chi connectivity index (χ3v) is 5.25. The van der Waals surface area contributed by atoms with Gasteiger partial charge in [0, 0.05) is 12.1 Å². The number of carbonyl (C=O) groups excluding carboxylic acids is 4. The molecule has 0 bridgehead atoms. The summed E-state index contributed by atoms with van der Waals surface area (Å²) in [6, 6.07) is 5.06. The lowest BCUT2D eigenvalue weighted by atomic mass is 9.99. The normalized spacial score (nSPS) is 15.3. The summed E-state index contributed by atoms with van der Waals surface area (Å²) >= 11 is 0. The maximum absolute atomic E-state index is 13.8. The lowest BCUT2D eigenvalue weighted by Gasteiger charge is -2.35. The smallest absolute Gasteiger partial charge is 0.408 e. The van der Waals surface area contributed by atoms with Gasteiger partial charge in [0.15, 0.2) is 0 Å². The van der Waals surface area contributed by atoms with Crippen molar-refractivity contribution in [2.24, 2.45) is 5.73 Å². The van der Waals surface area contributed by atoms with Crippen LogP contribution in [0.1, 0.15) is 78.0 Å². The molecule has 1 aliphatic carbocycles. The SMILES string of the molecule is CCc1ccc(C(C(=O)NC(C)C)N(C(=O)C(CC(N)=O)NC(=O)OC(C)(C)C)C2CC2)cc1. The van der Waals surface area contributed by atoms with Crippen molar-refractivity contribution >= 4 is 23.8 Å². The average Bonchev–Trinajstić information content (AvgIpc) is 3.53. The molecule has 0 spiro atoms. The third-order valence-electron chi connectivity index (χ3n) is 5.25. The quantitative estimate of drug-likeness (QED) is 0.480. The summed E-state index contributed by atoms with van der Waals surface area (Å²) in [6.45, 7) is 10.8. The Balaban J connectivity index is 2.44. The van der Waals surface area contributed by atoms with Crippen LogP contribution in [0.25, 0.3) is 0 Å². The van der Waals surface area contributed by atoms with E-state index in [1.165, 1.54) is 4.90 Å². The van der Waals surface area contributed by atoms with E-state index in [1.54, 1.807) is 20.8 Å². The number of aryl methyl sites for hydroxylation is 1. The molecule has 2 rings (SSSR count). The predicted molar refractivity (Wildman–Crippen MR) is 129 cm³/mol. The van der Waals surface area contributed by atoms with Gasteiger partial charge in [0.1, 0.15) is 17.7 Å². The fourth-order valence-electron chi connectivity index (χ4n) is 3.64. The monoisotopic (exact) mass is 474 g/mol. The highest BCUT2D eigenvalue weighted by Gasteiger charge is 2.44. The fraction of sp³-hybridized carbons (Fsp3) is 0.600. The molecule has 1 aromatic rings. The fourth-order valence-corrected chi connectivity index (χ4v) is 3.64. The number of amides is 4. The van der Waals surface area contributed by atoms with E-state index in [9.17, 15) is 19.2 Å². The first-order valence-electron chi connectivity index (χ1n) is 11.8. The zero-order valence-corrected chi connectivity index (χ0v) is 21.0. The standard InChI is InChI=1S/C25H38N4O5/c1-7-16-8-10-17(11-9-16)21(22(31)27-15(2)3)29(18-12-13-18)23(32)19(14-20(26)30)28-24(33)34-25(4,5)6/h8-11,15,18-19,21H,7,12-14H2,1-6H3,(H2,26,30)(H,27,31)(H,28,33). The number of rotatable bonds is 10. The van der Waals surface area contributed by atoms with E-state index in [4.69, 9.17) is 10.5 Å². The summed E-state index contributed by atoms with van der Waals surface area (Å²) in [4.78, 5) is 52.8. The molecule has 9 heteroatoms. The number of nitrogens with two attached hydrogens (primary N) is 1. The van der Waals surface area contributed by atoms with Crippen LogP contribution in [-0.2, 0) is 25.5 Å². The molecule has 0 aliphatic heterocycles. The van der Waals surface area contributed by atoms with Gasteiger partial charge in [0.05, 0.1) is 6.42 Å². The van der Waals surface area contributed by atoms with E-state index in [0.717, 1.165) is 24.8 Å². The highest BCUT2D eigenvalue weighted by atomic mass is 16.6. The first kappa shape index (κ1) is 27.1. The van der Waals surface area contributed by atoms with Crippen molar-refractivity contribution in [2.45, 2.75) is 97.0 Å². The van der Waals surface area contributed by atoms with Crippen molar-refractivity contribution in [3.05, 3.63) is 35.4 Å². The number of hydrogen-bond donors (Lipinski definition) is 3. The summed E-state index contributed by atoms with van der Waals surface area (Å²) in [7, 11) is 0. The molecule has 1 aromatic carbocycles. The van der Waals surface area contributed by atoms with Gasteiger partial charge in [0.2, 0.25) is 17.7 Å². The van der Waals surface area contributed by atoms with Crippen LogP contribution >= 0.6 is 0 Å². The van der Waals surface area contributed by atoms with Gasteiger partial charge in [-0.25, -0.2) is 4.79 Å². The minimum atomic E-state index is -1.25. The molecule has 188 valence electrons. The van der Waals surface area contributed by atoms with Crippen LogP contribution in [0, 0.1) is 0 Å². The molecule has 9 nitrogen and oxygen atoms in total. The Morgan fingerprint density at radius 2 is 1.68 bits per heavy atom. The van der Waals surface area contributed by atoms with Gasteiger partial charge in [-0.15, -0.1) is 0 Å². The molecule has 4 amide bonds. The van der Waals surface area contributed by atoms with Crippen LogP contribution in [0.3, 0.4) is 0 Å². The maximum Gasteiger partial charge on any atom is 0.408 e. The topological polar surface area (TPSA) is 131 Å². The molecule has 0 radical (unpaired) electrons. The number of benzene rings is 1. The number of nitrogens with zero attached hydrogens (tertiary/aromatic N) is 1. The van der Waals surface area contributed by atoms with E-state index in [-0.39, 0.29) is 18.0 Å². The van der Waals surface area contributed by atoms with Gasteiger partial charge in [-0.3, -0.25) is 14.4 Å². The summed E-state index contributed by atoms with van der Waals surface area (Å²) in [5, 5.41) is 5.39. The van der Waals surface area contributed by atoms with Crippen molar-refractivity contribution in [3.63, 3.8) is 0 Å². The largest absolute Gasteiger partial charge is 0.444 e. The molecule has 4 N–H and O–H groups in total. The lowest BCUT2D eigenvalue weighted by molar-refractivity contribution is -0.144. The van der Waals surface area contributed by atoms with E-state index in [2.05, 4.69) is 10.6 Å². The molecular formula is C25H38N4O5. The highest BCUT2D eigenvalue weighted by Crippen LogP contribution is 2.36. The molecular weight excluding hydrogens is 436 g/mol. The molecule has 0 aromatic heterocycles. The Labute approximate surface area is 201 Å².